The molecule has 6 nitrogen and oxygen atoms in total. The number of hydrogen-bond acceptors (Lipinski definition) is 4. The first-order valence-electron chi connectivity index (χ1n) is 10.0. The first-order chi connectivity index (χ1) is 12.8. The van der Waals surface area contributed by atoms with Crippen LogP contribution in [0.3, 0.4) is 0 Å². The van der Waals surface area contributed by atoms with E-state index in [2.05, 4.69) is 65.3 Å². The molecule has 2 atom stereocenters. The van der Waals surface area contributed by atoms with Crippen LogP contribution in [0.5, 0.6) is 0 Å². The van der Waals surface area contributed by atoms with Gasteiger partial charge in [0.1, 0.15) is 5.82 Å². The second-order valence-electron chi connectivity index (χ2n) is 8.73. The van der Waals surface area contributed by atoms with Crippen molar-refractivity contribution in [3.63, 3.8) is 0 Å². The minimum Gasteiger partial charge on any atom is -0.378 e. The van der Waals surface area contributed by atoms with Crippen molar-refractivity contribution in [2.24, 2.45) is 10.4 Å². The average Bonchev–Trinajstić information content (AvgIpc) is 2.67. The maximum absolute atomic E-state index is 5.73. The third-order valence-electron chi connectivity index (χ3n) is 6.87. The summed E-state index contributed by atoms with van der Waals surface area (Å²) < 4.78 is 5.73. The zero-order chi connectivity index (χ0) is 19.7. The van der Waals surface area contributed by atoms with E-state index in [1.54, 1.807) is 0 Å². The Morgan fingerprint density at radius 2 is 1.93 bits per heavy atom. The summed E-state index contributed by atoms with van der Waals surface area (Å²) in [6, 6.07) is 5.06. The molecule has 2 aliphatic rings. The lowest BCUT2D eigenvalue weighted by Gasteiger charge is -2.59. The fraction of sp³-hybridized carbons (Fsp3) is 0.714. The number of rotatable bonds is 4. The number of guanidine groups is 1. The van der Waals surface area contributed by atoms with Crippen LogP contribution >= 0.6 is 0 Å². The molecule has 1 aliphatic carbocycles. The SMILES string of the molecule is CN=C(NC1CCN(c2ccc(C)cn2)CC1)NC1CC(C)(OC)C1(C)C. The number of pyridine rings is 1. The van der Waals surface area contributed by atoms with Gasteiger partial charge < -0.3 is 20.3 Å². The highest BCUT2D eigenvalue weighted by molar-refractivity contribution is 5.80. The third-order valence-corrected chi connectivity index (χ3v) is 6.87. The van der Waals surface area contributed by atoms with Gasteiger partial charge in [-0.05, 0) is 44.7 Å². The van der Waals surface area contributed by atoms with Gasteiger partial charge in [0.2, 0.25) is 0 Å². The van der Waals surface area contributed by atoms with Crippen LogP contribution in [-0.2, 0) is 4.74 Å². The van der Waals surface area contributed by atoms with Crippen LogP contribution in [-0.4, -0.2) is 55.9 Å². The Kier molecular flexibility index (Phi) is 5.65. The molecular weight excluding hydrogens is 338 g/mol. The van der Waals surface area contributed by atoms with E-state index in [4.69, 9.17) is 4.74 Å². The molecule has 0 spiro atoms. The summed E-state index contributed by atoms with van der Waals surface area (Å²) >= 11 is 0. The molecule has 27 heavy (non-hydrogen) atoms. The first-order valence-corrected chi connectivity index (χ1v) is 10.0. The fourth-order valence-electron chi connectivity index (χ4n) is 4.15. The maximum Gasteiger partial charge on any atom is 0.191 e. The predicted molar refractivity (Wildman–Crippen MR) is 111 cm³/mol. The zero-order valence-electron chi connectivity index (χ0n) is 17.7. The number of aryl methyl sites for hydroxylation is 1. The molecule has 2 heterocycles. The van der Waals surface area contributed by atoms with Crippen molar-refractivity contribution in [3.8, 4) is 0 Å². The Morgan fingerprint density at radius 1 is 1.22 bits per heavy atom. The number of nitrogens with zero attached hydrogens (tertiary/aromatic N) is 3. The van der Waals surface area contributed by atoms with Crippen LogP contribution in [0.4, 0.5) is 5.82 Å². The summed E-state index contributed by atoms with van der Waals surface area (Å²) in [6.45, 7) is 10.8. The van der Waals surface area contributed by atoms with Crippen LogP contribution in [0.2, 0.25) is 0 Å². The molecule has 1 aromatic heterocycles. The number of anilines is 1. The first kappa shape index (κ1) is 19.9. The molecule has 3 rings (SSSR count). The summed E-state index contributed by atoms with van der Waals surface area (Å²) in [5, 5.41) is 7.23. The number of ether oxygens (including phenoxy) is 1. The van der Waals surface area contributed by atoms with Gasteiger partial charge in [0.25, 0.3) is 0 Å². The van der Waals surface area contributed by atoms with E-state index in [0.717, 1.165) is 44.1 Å². The highest BCUT2D eigenvalue weighted by Crippen LogP contribution is 2.51. The number of aromatic nitrogens is 1. The molecule has 1 saturated carbocycles. The smallest absolute Gasteiger partial charge is 0.191 e. The van der Waals surface area contributed by atoms with E-state index in [1.165, 1.54) is 5.56 Å². The number of hydrogen-bond donors (Lipinski definition) is 2. The monoisotopic (exact) mass is 373 g/mol. The molecule has 150 valence electrons. The Balaban J connectivity index is 1.50. The van der Waals surface area contributed by atoms with E-state index in [0.29, 0.717) is 12.1 Å². The van der Waals surface area contributed by atoms with Crippen molar-refractivity contribution in [2.45, 2.75) is 64.6 Å². The summed E-state index contributed by atoms with van der Waals surface area (Å²) in [4.78, 5) is 11.4. The molecule has 0 amide bonds. The number of methoxy groups -OCH3 is 1. The van der Waals surface area contributed by atoms with Gasteiger partial charge in [-0.1, -0.05) is 19.9 Å². The van der Waals surface area contributed by atoms with Crippen LogP contribution in [0, 0.1) is 12.3 Å². The lowest BCUT2D eigenvalue weighted by Crippen LogP contribution is -2.69. The van der Waals surface area contributed by atoms with Crippen molar-refractivity contribution in [2.75, 3.05) is 32.1 Å². The summed E-state index contributed by atoms with van der Waals surface area (Å²) in [7, 11) is 3.66. The second-order valence-corrected chi connectivity index (χ2v) is 8.73. The molecule has 0 radical (unpaired) electrons. The zero-order valence-corrected chi connectivity index (χ0v) is 17.7. The fourth-order valence-corrected chi connectivity index (χ4v) is 4.15. The van der Waals surface area contributed by atoms with Gasteiger partial charge in [-0.25, -0.2) is 4.98 Å². The minimum absolute atomic E-state index is 0.0693. The lowest BCUT2D eigenvalue weighted by molar-refractivity contribution is -0.176. The number of aliphatic imine (C=N–C) groups is 1. The Labute approximate surface area is 163 Å². The van der Waals surface area contributed by atoms with Crippen molar-refractivity contribution < 1.29 is 4.74 Å². The third kappa shape index (κ3) is 3.91. The maximum atomic E-state index is 5.73. The van der Waals surface area contributed by atoms with Crippen LogP contribution < -0.4 is 15.5 Å². The van der Waals surface area contributed by atoms with Gasteiger partial charge in [-0.15, -0.1) is 0 Å². The summed E-state index contributed by atoms with van der Waals surface area (Å²) in [5.41, 5.74) is 1.20. The molecule has 2 fully saturated rings. The van der Waals surface area contributed by atoms with Gasteiger partial charge in [0, 0.05) is 50.9 Å². The molecule has 0 aromatic carbocycles. The number of piperidine rings is 1. The summed E-state index contributed by atoms with van der Waals surface area (Å²) in [6.07, 6.45) is 5.11. The quantitative estimate of drug-likeness (QED) is 0.628. The van der Waals surface area contributed by atoms with Gasteiger partial charge >= 0.3 is 0 Å². The Bertz CT molecular complexity index is 664. The standard InChI is InChI=1S/C21H35N5O/c1-15-7-8-18(23-14-15)26-11-9-16(10-12-26)24-19(22-5)25-17-13-21(4,27-6)20(17,2)3/h7-8,14,16-17H,9-13H2,1-6H3,(H2,22,24,25). The van der Waals surface area contributed by atoms with Crippen molar-refractivity contribution in [3.05, 3.63) is 23.9 Å². The normalized spacial score (nSPS) is 28.6. The molecule has 2 unspecified atom stereocenters. The molecular formula is C21H35N5O. The van der Waals surface area contributed by atoms with Gasteiger partial charge in [-0.2, -0.15) is 0 Å². The molecule has 2 N–H and O–H groups in total. The minimum atomic E-state index is -0.0735. The topological polar surface area (TPSA) is 61.8 Å². The van der Waals surface area contributed by atoms with Crippen LogP contribution in [0.15, 0.2) is 23.3 Å². The van der Waals surface area contributed by atoms with E-state index >= 15 is 0 Å². The van der Waals surface area contributed by atoms with Crippen molar-refractivity contribution >= 4 is 11.8 Å². The van der Waals surface area contributed by atoms with Gasteiger partial charge in [0.15, 0.2) is 5.96 Å². The largest absolute Gasteiger partial charge is 0.378 e. The predicted octanol–water partition coefficient (Wildman–Crippen LogP) is 2.73. The van der Waals surface area contributed by atoms with E-state index in [9.17, 15) is 0 Å². The highest BCUT2D eigenvalue weighted by atomic mass is 16.5. The molecule has 1 saturated heterocycles. The average molecular weight is 374 g/mol. The highest BCUT2D eigenvalue weighted by Gasteiger charge is 2.58. The van der Waals surface area contributed by atoms with E-state index < -0.39 is 0 Å². The Morgan fingerprint density at radius 3 is 2.44 bits per heavy atom. The number of nitrogens with one attached hydrogen (secondary N) is 2. The van der Waals surface area contributed by atoms with E-state index in [-0.39, 0.29) is 11.0 Å². The van der Waals surface area contributed by atoms with E-state index in [1.807, 2.05) is 20.4 Å². The second kappa shape index (κ2) is 7.66. The van der Waals surface area contributed by atoms with Crippen molar-refractivity contribution in [1.82, 2.24) is 15.6 Å². The lowest BCUT2D eigenvalue weighted by atomic mass is 9.56. The van der Waals surface area contributed by atoms with Crippen LogP contribution in [0.1, 0.15) is 45.6 Å². The molecule has 0 bridgehead atoms. The summed E-state index contributed by atoms with van der Waals surface area (Å²) in [5.74, 6) is 1.98. The van der Waals surface area contributed by atoms with Crippen molar-refractivity contribution in [1.29, 1.82) is 0 Å². The van der Waals surface area contributed by atoms with Gasteiger partial charge in [0.05, 0.1) is 5.60 Å². The molecule has 1 aliphatic heterocycles. The van der Waals surface area contributed by atoms with Gasteiger partial charge in [-0.3, -0.25) is 4.99 Å². The molecule has 6 heteroatoms. The molecule has 1 aromatic rings. The van der Waals surface area contributed by atoms with Crippen LogP contribution in [0.25, 0.3) is 0 Å². The Hall–Kier alpha value is -1.82.